The predicted molar refractivity (Wildman–Crippen MR) is 20.3 cm³/mol. The molecule has 0 unspecified atom stereocenters. The summed E-state index contributed by atoms with van der Waals surface area (Å²) in [6, 6.07) is 0. The van der Waals surface area contributed by atoms with Crippen molar-refractivity contribution in [2.75, 3.05) is 0 Å². The van der Waals surface area contributed by atoms with Gasteiger partial charge in [-0.25, -0.2) is 6.57 Å². The van der Waals surface area contributed by atoms with Crippen LogP contribution >= 0.6 is 0 Å². The van der Waals surface area contributed by atoms with E-state index in [4.69, 9.17) is 12.3 Å². The van der Waals surface area contributed by atoms with E-state index in [0.29, 0.717) is 0 Å². The van der Waals surface area contributed by atoms with Crippen LogP contribution in [0.5, 0.6) is 0 Å². The second-order valence-corrected chi connectivity index (χ2v) is 0.870. The van der Waals surface area contributed by atoms with Crippen molar-refractivity contribution in [2.24, 2.45) is 5.73 Å². The molecule has 0 aromatic rings. The van der Waals surface area contributed by atoms with Crippen LogP contribution in [0.25, 0.3) is 4.85 Å². The summed E-state index contributed by atoms with van der Waals surface area (Å²) in [5.41, 5.74) is 4.94. The fourth-order valence-corrected chi connectivity index (χ4v) is 0. The Kier molecular flexibility index (Phi) is 1.55. The monoisotopic (exact) mass is 70.1 g/mol. The molecular weight excluding hydrogens is 64.0 g/mol. The van der Waals surface area contributed by atoms with Gasteiger partial charge in [0.05, 0.1) is 0 Å². The van der Waals surface area contributed by atoms with E-state index in [9.17, 15) is 0 Å². The third kappa shape index (κ3) is 3.45. The maximum atomic E-state index is 6.16. The lowest BCUT2D eigenvalue weighted by atomic mass is 10.7. The van der Waals surface area contributed by atoms with Crippen LogP contribution in [0.2, 0.25) is 0 Å². The Morgan fingerprint density at radius 2 is 2.20 bits per heavy atom. The summed E-state index contributed by atoms with van der Waals surface area (Å²) in [6.45, 7) is 7.80. The van der Waals surface area contributed by atoms with Crippen molar-refractivity contribution in [2.45, 2.75) is 13.1 Å². The first kappa shape index (κ1) is 4.45. The topological polar surface area (TPSA) is 30.4 Å². The lowest BCUT2D eigenvalue weighted by Crippen LogP contribution is -2.07. The highest BCUT2D eigenvalue weighted by molar-refractivity contribution is 4.62. The molecule has 0 heterocycles. The molecule has 0 saturated carbocycles. The Hall–Kier alpha value is -0.550. The molecule has 2 nitrogen and oxygen atoms in total. The van der Waals surface area contributed by atoms with Gasteiger partial charge in [0.1, 0.15) is 0 Å². The highest BCUT2D eigenvalue weighted by Crippen LogP contribution is 1.67. The Morgan fingerprint density at radius 3 is 2.20 bits per heavy atom. The quantitative estimate of drug-likeness (QED) is 0.406. The summed E-state index contributed by atoms with van der Waals surface area (Å²) in [5.74, 6) is 0. The summed E-state index contributed by atoms with van der Waals surface area (Å²) in [5, 5.41) is 0. The predicted octanol–water partition coefficient (Wildman–Crippen LogP) is 0.210. The molecule has 0 spiro atoms. The number of hydrogen-bond acceptors (Lipinski definition) is 1. The van der Waals surface area contributed by atoms with Gasteiger partial charge in [0, 0.05) is 6.92 Å². The average molecular weight is 70.1 g/mol. The molecule has 0 aliphatic carbocycles. The van der Waals surface area contributed by atoms with E-state index in [1.807, 2.05) is 0 Å². The van der Waals surface area contributed by atoms with Crippen molar-refractivity contribution >= 4 is 0 Å². The van der Waals surface area contributed by atoms with Gasteiger partial charge in [-0.2, -0.15) is 0 Å². The van der Waals surface area contributed by atoms with Gasteiger partial charge in [-0.05, 0) is 0 Å². The minimum absolute atomic E-state index is 0.324. The molecule has 0 aromatic carbocycles. The molecule has 0 rings (SSSR count). The highest BCUT2D eigenvalue weighted by atomic mass is 14.9. The molecule has 0 aromatic heterocycles. The molecule has 2 heteroatoms. The van der Waals surface area contributed by atoms with Gasteiger partial charge in [0.25, 0.3) is 6.17 Å². The molecule has 5 heavy (non-hydrogen) atoms. The molecule has 28 valence electrons. The van der Waals surface area contributed by atoms with Crippen LogP contribution in [-0.2, 0) is 0 Å². The summed E-state index contributed by atoms with van der Waals surface area (Å²) < 4.78 is 0. The van der Waals surface area contributed by atoms with E-state index < -0.39 is 0 Å². The Labute approximate surface area is 31.4 Å². The van der Waals surface area contributed by atoms with Crippen molar-refractivity contribution < 1.29 is 0 Å². The van der Waals surface area contributed by atoms with Crippen LogP contribution in [0.1, 0.15) is 6.92 Å². The first-order chi connectivity index (χ1) is 2.27. The fraction of sp³-hybridized carbons (Fsp3) is 0.667. The van der Waals surface area contributed by atoms with Crippen LogP contribution in [0.3, 0.4) is 0 Å². The minimum Gasteiger partial charge on any atom is -0.297 e. The molecule has 0 radical (unpaired) electrons. The van der Waals surface area contributed by atoms with E-state index in [1.165, 1.54) is 0 Å². The van der Waals surface area contributed by atoms with Crippen molar-refractivity contribution in [3.63, 3.8) is 0 Å². The van der Waals surface area contributed by atoms with E-state index in [1.54, 1.807) is 6.92 Å². The molecule has 0 saturated heterocycles. The van der Waals surface area contributed by atoms with Gasteiger partial charge >= 0.3 is 0 Å². The van der Waals surface area contributed by atoms with Crippen LogP contribution in [0.4, 0.5) is 0 Å². The molecule has 1 atom stereocenters. The molecule has 0 bridgehead atoms. The van der Waals surface area contributed by atoms with Crippen LogP contribution < -0.4 is 5.73 Å². The zero-order valence-electron chi connectivity index (χ0n) is 3.10. The average Bonchev–Trinajstić information content (AvgIpc) is 1.38. The van der Waals surface area contributed by atoms with Gasteiger partial charge in [-0.3, -0.25) is 10.6 Å². The largest absolute Gasteiger partial charge is 0.297 e. The summed E-state index contributed by atoms with van der Waals surface area (Å²) in [4.78, 5) is 2.92. The number of hydrogen-bond donors (Lipinski definition) is 1. The summed E-state index contributed by atoms with van der Waals surface area (Å²) in [7, 11) is 0. The van der Waals surface area contributed by atoms with Gasteiger partial charge in [-0.1, -0.05) is 0 Å². The second kappa shape index (κ2) is 1.74. The van der Waals surface area contributed by atoms with Gasteiger partial charge in [-0.15, -0.1) is 0 Å². The molecule has 0 amide bonds. The first-order valence-electron chi connectivity index (χ1n) is 1.39. The maximum absolute atomic E-state index is 6.16. The van der Waals surface area contributed by atoms with Gasteiger partial charge in [0.2, 0.25) is 0 Å². The molecule has 2 N–H and O–H groups in total. The molecule has 0 fully saturated rings. The normalized spacial score (nSPS) is 13.0. The third-order valence-corrected chi connectivity index (χ3v) is 0.204. The van der Waals surface area contributed by atoms with Crippen molar-refractivity contribution in [3.8, 4) is 0 Å². The second-order valence-electron chi connectivity index (χ2n) is 0.870. The van der Waals surface area contributed by atoms with Gasteiger partial charge in [0.15, 0.2) is 0 Å². The van der Waals surface area contributed by atoms with Crippen molar-refractivity contribution in [3.05, 3.63) is 11.4 Å². The van der Waals surface area contributed by atoms with Crippen LogP contribution in [0, 0.1) is 6.57 Å². The lowest BCUT2D eigenvalue weighted by Gasteiger charge is -1.76. The first-order valence-corrected chi connectivity index (χ1v) is 1.39. The number of nitrogens with two attached hydrogens (primary N) is 1. The van der Waals surface area contributed by atoms with Crippen LogP contribution in [-0.4, -0.2) is 6.17 Å². The molecule has 0 aliphatic rings. The van der Waals surface area contributed by atoms with Crippen molar-refractivity contribution in [1.29, 1.82) is 0 Å². The fourth-order valence-electron chi connectivity index (χ4n) is 0. The zero-order chi connectivity index (χ0) is 4.28. The minimum atomic E-state index is -0.324. The summed E-state index contributed by atoms with van der Waals surface area (Å²) >= 11 is 0. The standard InChI is InChI=1S/C3H6N2/c1-3(4)5-2/h3H,4H2,1H3/t3-/m0/s1. The molecule has 0 aliphatic heterocycles. The van der Waals surface area contributed by atoms with E-state index >= 15 is 0 Å². The van der Waals surface area contributed by atoms with Crippen LogP contribution in [0.15, 0.2) is 0 Å². The Bertz CT molecular complexity index is 50.4. The van der Waals surface area contributed by atoms with E-state index in [0.717, 1.165) is 0 Å². The van der Waals surface area contributed by atoms with Gasteiger partial charge < -0.3 is 0 Å². The smallest absolute Gasteiger partial charge is 0.272 e. The summed E-state index contributed by atoms with van der Waals surface area (Å²) in [6.07, 6.45) is -0.324. The third-order valence-electron chi connectivity index (χ3n) is 0.204. The maximum Gasteiger partial charge on any atom is 0.272 e. The zero-order valence-corrected chi connectivity index (χ0v) is 3.10. The Morgan fingerprint density at radius 1 is 2.00 bits per heavy atom. The number of nitrogens with zero attached hydrogens (tertiary/aromatic N) is 1. The van der Waals surface area contributed by atoms with Crippen molar-refractivity contribution in [1.82, 2.24) is 0 Å². The van der Waals surface area contributed by atoms with E-state index in [2.05, 4.69) is 4.85 Å². The number of rotatable bonds is 0. The molecular formula is C3H6N2. The SMILES string of the molecule is [C-]#[N+][C@@H](C)N. The highest BCUT2D eigenvalue weighted by Gasteiger charge is 1.82. The lowest BCUT2D eigenvalue weighted by molar-refractivity contribution is 0.920. The van der Waals surface area contributed by atoms with E-state index in [-0.39, 0.29) is 6.17 Å². The Balaban J connectivity index is 2.94.